The SMILES string of the molecule is NCC1(NS(=O)(=O)c2cc(F)c(Br)cc2F)CCCC1. The van der Waals surface area contributed by atoms with Crippen LogP contribution in [0.3, 0.4) is 0 Å². The second-order valence-corrected chi connectivity index (χ2v) is 7.50. The summed E-state index contributed by atoms with van der Waals surface area (Å²) in [6, 6.07) is 1.47. The van der Waals surface area contributed by atoms with Crippen molar-refractivity contribution in [1.82, 2.24) is 4.72 Å². The molecule has 1 aromatic rings. The van der Waals surface area contributed by atoms with Crippen LogP contribution >= 0.6 is 15.9 Å². The van der Waals surface area contributed by atoms with Gasteiger partial charge in [-0.25, -0.2) is 21.9 Å². The van der Waals surface area contributed by atoms with E-state index < -0.39 is 32.1 Å². The van der Waals surface area contributed by atoms with E-state index in [2.05, 4.69) is 20.7 Å². The lowest BCUT2D eigenvalue weighted by atomic mass is 10.0. The van der Waals surface area contributed by atoms with E-state index in [1.165, 1.54) is 0 Å². The lowest BCUT2D eigenvalue weighted by Gasteiger charge is -2.28. The van der Waals surface area contributed by atoms with E-state index in [0.717, 1.165) is 18.9 Å². The molecular weight excluding hydrogens is 354 g/mol. The van der Waals surface area contributed by atoms with Crippen LogP contribution in [0.5, 0.6) is 0 Å². The molecule has 1 aliphatic rings. The molecular formula is C12H15BrF2N2O2S. The van der Waals surface area contributed by atoms with E-state index in [4.69, 9.17) is 5.73 Å². The lowest BCUT2D eigenvalue weighted by molar-refractivity contribution is 0.398. The average molecular weight is 369 g/mol. The Kier molecular flexibility index (Phi) is 4.48. The molecule has 0 aliphatic heterocycles. The largest absolute Gasteiger partial charge is 0.329 e. The minimum Gasteiger partial charge on any atom is -0.329 e. The summed E-state index contributed by atoms with van der Waals surface area (Å²) in [5, 5.41) is 0. The van der Waals surface area contributed by atoms with Gasteiger partial charge in [0.15, 0.2) is 0 Å². The number of hydrogen-bond donors (Lipinski definition) is 2. The van der Waals surface area contributed by atoms with Crippen molar-refractivity contribution in [2.45, 2.75) is 36.1 Å². The molecule has 112 valence electrons. The van der Waals surface area contributed by atoms with Crippen LogP contribution in [0, 0.1) is 11.6 Å². The molecule has 1 aromatic carbocycles. The Bertz CT molecular complexity index is 616. The van der Waals surface area contributed by atoms with Crippen LogP contribution < -0.4 is 10.5 Å². The molecule has 3 N–H and O–H groups in total. The Morgan fingerprint density at radius 3 is 2.40 bits per heavy atom. The summed E-state index contributed by atoms with van der Waals surface area (Å²) < 4.78 is 54.1. The first-order valence-electron chi connectivity index (χ1n) is 6.18. The van der Waals surface area contributed by atoms with Crippen molar-refractivity contribution >= 4 is 26.0 Å². The van der Waals surface area contributed by atoms with Gasteiger partial charge in [0.1, 0.15) is 16.5 Å². The quantitative estimate of drug-likeness (QED) is 0.800. The minimum atomic E-state index is -4.15. The van der Waals surface area contributed by atoms with E-state index in [-0.39, 0.29) is 11.0 Å². The molecule has 0 aromatic heterocycles. The van der Waals surface area contributed by atoms with Gasteiger partial charge in [-0.05, 0) is 40.9 Å². The molecule has 0 unspecified atom stereocenters. The molecule has 0 radical (unpaired) electrons. The van der Waals surface area contributed by atoms with Gasteiger partial charge in [0, 0.05) is 12.1 Å². The van der Waals surface area contributed by atoms with E-state index >= 15 is 0 Å². The summed E-state index contributed by atoms with van der Waals surface area (Å²) in [4.78, 5) is -0.696. The third kappa shape index (κ3) is 3.03. The summed E-state index contributed by atoms with van der Waals surface area (Å²) in [7, 11) is -4.15. The molecule has 1 fully saturated rings. The molecule has 0 atom stereocenters. The number of nitrogens with one attached hydrogen (secondary N) is 1. The third-order valence-corrected chi connectivity index (χ3v) is 5.77. The van der Waals surface area contributed by atoms with Gasteiger partial charge in [0.25, 0.3) is 0 Å². The van der Waals surface area contributed by atoms with Crippen molar-refractivity contribution < 1.29 is 17.2 Å². The fourth-order valence-electron chi connectivity index (χ4n) is 2.45. The molecule has 1 aliphatic carbocycles. The Labute approximate surface area is 124 Å². The van der Waals surface area contributed by atoms with Crippen molar-refractivity contribution in [3.05, 3.63) is 28.2 Å². The van der Waals surface area contributed by atoms with Crippen LogP contribution in [0.25, 0.3) is 0 Å². The number of sulfonamides is 1. The zero-order valence-electron chi connectivity index (χ0n) is 10.6. The molecule has 20 heavy (non-hydrogen) atoms. The maximum absolute atomic E-state index is 13.8. The highest BCUT2D eigenvalue weighted by molar-refractivity contribution is 9.10. The standard InChI is InChI=1S/C12H15BrF2N2O2S/c13-8-5-10(15)11(6-9(8)14)20(18,19)17-12(7-16)3-1-2-4-12/h5-6,17H,1-4,7,16H2. The van der Waals surface area contributed by atoms with Gasteiger partial charge >= 0.3 is 0 Å². The summed E-state index contributed by atoms with van der Waals surface area (Å²) in [5.41, 5.74) is 4.89. The molecule has 4 nitrogen and oxygen atoms in total. The summed E-state index contributed by atoms with van der Waals surface area (Å²) in [6.45, 7) is 0.132. The normalized spacial score (nSPS) is 18.4. The number of halogens is 3. The Morgan fingerprint density at radius 1 is 1.25 bits per heavy atom. The zero-order chi connectivity index (χ0) is 15.0. The van der Waals surface area contributed by atoms with Gasteiger partial charge in [0.2, 0.25) is 10.0 Å². The third-order valence-electron chi connectivity index (χ3n) is 3.57. The molecule has 0 heterocycles. The van der Waals surface area contributed by atoms with Gasteiger partial charge in [0.05, 0.1) is 4.47 Å². The monoisotopic (exact) mass is 368 g/mol. The summed E-state index contributed by atoms with van der Waals surface area (Å²) >= 11 is 2.81. The first kappa shape index (κ1) is 15.8. The van der Waals surface area contributed by atoms with Gasteiger partial charge in [-0.1, -0.05) is 12.8 Å². The molecule has 0 amide bonds. The van der Waals surface area contributed by atoms with E-state index in [1.807, 2.05) is 0 Å². The first-order chi connectivity index (χ1) is 9.30. The van der Waals surface area contributed by atoms with Gasteiger partial charge in [-0.15, -0.1) is 0 Å². The second kappa shape index (κ2) is 5.67. The number of nitrogens with two attached hydrogens (primary N) is 1. The second-order valence-electron chi connectivity index (χ2n) is 4.99. The molecule has 0 spiro atoms. The fourth-order valence-corrected chi connectivity index (χ4v) is 4.31. The molecule has 2 rings (SSSR count). The highest BCUT2D eigenvalue weighted by Crippen LogP contribution is 2.31. The predicted molar refractivity (Wildman–Crippen MR) is 74.6 cm³/mol. The van der Waals surface area contributed by atoms with Crippen molar-refractivity contribution in [3.8, 4) is 0 Å². The predicted octanol–water partition coefficient (Wildman–Crippen LogP) is 2.28. The Balaban J connectivity index is 2.38. The fraction of sp³-hybridized carbons (Fsp3) is 0.500. The van der Waals surface area contributed by atoms with E-state index in [9.17, 15) is 17.2 Å². The van der Waals surface area contributed by atoms with Crippen LogP contribution in [0.15, 0.2) is 21.5 Å². The van der Waals surface area contributed by atoms with Crippen molar-refractivity contribution in [3.63, 3.8) is 0 Å². The lowest BCUT2D eigenvalue weighted by Crippen LogP contribution is -2.51. The maximum Gasteiger partial charge on any atom is 0.244 e. The minimum absolute atomic E-state index is 0.122. The highest BCUT2D eigenvalue weighted by atomic mass is 79.9. The first-order valence-corrected chi connectivity index (χ1v) is 8.46. The molecule has 0 bridgehead atoms. The van der Waals surface area contributed by atoms with Crippen molar-refractivity contribution in [2.24, 2.45) is 5.73 Å². The van der Waals surface area contributed by atoms with Crippen molar-refractivity contribution in [2.75, 3.05) is 6.54 Å². The van der Waals surface area contributed by atoms with Gasteiger partial charge < -0.3 is 5.73 Å². The Hall–Kier alpha value is -0.570. The van der Waals surface area contributed by atoms with Crippen LogP contribution in [0.1, 0.15) is 25.7 Å². The number of hydrogen-bond acceptors (Lipinski definition) is 3. The highest BCUT2D eigenvalue weighted by Gasteiger charge is 2.37. The van der Waals surface area contributed by atoms with Crippen LogP contribution in [0.4, 0.5) is 8.78 Å². The van der Waals surface area contributed by atoms with Gasteiger partial charge in [-0.2, -0.15) is 0 Å². The number of rotatable bonds is 4. The number of benzene rings is 1. The zero-order valence-corrected chi connectivity index (χ0v) is 13.0. The smallest absolute Gasteiger partial charge is 0.244 e. The maximum atomic E-state index is 13.8. The summed E-state index contributed by atoms with van der Waals surface area (Å²) in [5.74, 6) is -1.84. The van der Waals surface area contributed by atoms with E-state index in [0.29, 0.717) is 18.9 Å². The summed E-state index contributed by atoms with van der Waals surface area (Å²) in [6.07, 6.45) is 2.92. The molecule has 0 saturated heterocycles. The average Bonchev–Trinajstić information content (AvgIpc) is 2.82. The van der Waals surface area contributed by atoms with Gasteiger partial charge in [-0.3, -0.25) is 0 Å². The molecule has 1 saturated carbocycles. The van der Waals surface area contributed by atoms with Crippen LogP contribution in [-0.4, -0.2) is 20.5 Å². The van der Waals surface area contributed by atoms with Crippen LogP contribution in [0.2, 0.25) is 0 Å². The Morgan fingerprint density at radius 2 is 1.85 bits per heavy atom. The molecule has 8 heteroatoms. The van der Waals surface area contributed by atoms with E-state index in [1.54, 1.807) is 0 Å². The van der Waals surface area contributed by atoms with Crippen molar-refractivity contribution in [1.29, 1.82) is 0 Å². The topological polar surface area (TPSA) is 72.2 Å². The van der Waals surface area contributed by atoms with Crippen LogP contribution in [-0.2, 0) is 10.0 Å².